The van der Waals surface area contributed by atoms with Crippen molar-refractivity contribution in [2.45, 2.75) is 32.4 Å². The first-order chi connectivity index (χ1) is 11.7. The van der Waals surface area contributed by atoms with Gasteiger partial charge in [-0.2, -0.15) is 0 Å². The summed E-state index contributed by atoms with van der Waals surface area (Å²) >= 11 is 0. The Bertz CT molecular complexity index is 755. The monoisotopic (exact) mass is 367 g/mol. The van der Waals surface area contributed by atoms with Crippen molar-refractivity contribution in [1.29, 1.82) is 0 Å². The highest BCUT2D eigenvalue weighted by Crippen LogP contribution is 2.29. The molecule has 1 fully saturated rings. The SMILES string of the molecule is COc1cc(C=CC(=O)N(C)C2CCS(=O)(=O)C2)ccc1OC(C)C. The van der Waals surface area contributed by atoms with Gasteiger partial charge in [0.1, 0.15) is 0 Å². The minimum absolute atomic E-state index is 0.0354. The molecule has 0 aromatic heterocycles. The third-order valence-corrected chi connectivity index (χ3v) is 5.82. The molecule has 1 saturated heterocycles. The van der Waals surface area contributed by atoms with Crippen LogP contribution in [0.15, 0.2) is 24.3 Å². The molecule has 0 bridgehead atoms. The van der Waals surface area contributed by atoms with E-state index < -0.39 is 9.84 Å². The molecular weight excluding hydrogens is 342 g/mol. The summed E-state index contributed by atoms with van der Waals surface area (Å²) < 4.78 is 34.1. The first-order valence-corrected chi connectivity index (χ1v) is 10.0. The van der Waals surface area contributed by atoms with Gasteiger partial charge in [-0.05, 0) is 44.0 Å². The van der Waals surface area contributed by atoms with Crippen molar-refractivity contribution < 1.29 is 22.7 Å². The number of nitrogens with zero attached hydrogens (tertiary/aromatic N) is 1. The average molecular weight is 367 g/mol. The Kier molecular flexibility index (Phi) is 6.11. The van der Waals surface area contributed by atoms with Gasteiger partial charge in [-0.3, -0.25) is 4.79 Å². The number of benzene rings is 1. The minimum atomic E-state index is -3.01. The molecule has 0 aliphatic carbocycles. The molecule has 0 saturated carbocycles. The minimum Gasteiger partial charge on any atom is -0.493 e. The maximum Gasteiger partial charge on any atom is 0.246 e. The Hall–Kier alpha value is -2.02. The quantitative estimate of drug-likeness (QED) is 0.720. The lowest BCUT2D eigenvalue weighted by atomic mass is 10.1. The Morgan fingerprint density at radius 1 is 1.32 bits per heavy atom. The lowest BCUT2D eigenvalue weighted by molar-refractivity contribution is -0.126. The molecule has 1 aromatic rings. The van der Waals surface area contributed by atoms with Gasteiger partial charge < -0.3 is 14.4 Å². The van der Waals surface area contributed by atoms with Crippen LogP contribution in [0.5, 0.6) is 11.5 Å². The Labute approximate surface area is 149 Å². The fourth-order valence-corrected chi connectivity index (χ4v) is 4.46. The molecule has 1 aliphatic heterocycles. The predicted octanol–water partition coefficient (Wildman–Crippen LogP) is 2.14. The van der Waals surface area contributed by atoms with Gasteiger partial charge in [0.2, 0.25) is 5.91 Å². The molecular formula is C18H25NO5S. The van der Waals surface area contributed by atoms with E-state index in [9.17, 15) is 13.2 Å². The standard InChI is InChI=1S/C18H25NO5S/c1-13(2)24-16-7-5-14(11-17(16)23-4)6-8-18(20)19(3)15-9-10-25(21,22)12-15/h5-8,11,13,15H,9-10,12H2,1-4H3. The molecule has 0 spiro atoms. The topological polar surface area (TPSA) is 72.9 Å². The second kappa shape index (κ2) is 7.91. The number of ether oxygens (including phenoxy) is 2. The number of hydrogen-bond acceptors (Lipinski definition) is 5. The van der Waals surface area contributed by atoms with Crippen LogP contribution in [0.3, 0.4) is 0 Å². The van der Waals surface area contributed by atoms with Crippen LogP contribution < -0.4 is 9.47 Å². The van der Waals surface area contributed by atoms with Crippen LogP contribution in [-0.2, 0) is 14.6 Å². The van der Waals surface area contributed by atoms with Gasteiger partial charge in [0.15, 0.2) is 21.3 Å². The third-order valence-electron chi connectivity index (χ3n) is 4.07. The van der Waals surface area contributed by atoms with Crippen molar-refractivity contribution in [3.8, 4) is 11.5 Å². The van der Waals surface area contributed by atoms with Crippen LogP contribution in [0.4, 0.5) is 0 Å². The average Bonchev–Trinajstić information content (AvgIpc) is 2.92. The van der Waals surface area contributed by atoms with Crippen LogP contribution in [0.2, 0.25) is 0 Å². The van der Waals surface area contributed by atoms with Crippen LogP contribution in [0, 0.1) is 0 Å². The number of amides is 1. The lowest BCUT2D eigenvalue weighted by Gasteiger charge is -2.21. The highest BCUT2D eigenvalue weighted by molar-refractivity contribution is 7.91. The number of likely N-dealkylation sites (N-methyl/N-ethyl adjacent to an activating group) is 1. The third kappa shape index (κ3) is 5.22. The Morgan fingerprint density at radius 2 is 2.04 bits per heavy atom. The fourth-order valence-electron chi connectivity index (χ4n) is 2.69. The van der Waals surface area contributed by atoms with E-state index in [2.05, 4.69) is 0 Å². The highest BCUT2D eigenvalue weighted by Gasteiger charge is 2.32. The number of methoxy groups -OCH3 is 1. The molecule has 1 unspecified atom stereocenters. The molecule has 1 amide bonds. The van der Waals surface area contributed by atoms with Crippen molar-refractivity contribution in [2.75, 3.05) is 25.7 Å². The van der Waals surface area contributed by atoms with Gasteiger partial charge in [-0.25, -0.2) is 8.42 Å². The number of carbonyl (C=O) groups is 1. The van der Waals surface area contributed by atoms with E-state index in [1.165, 1.54) is 11.0 Å². The van der Waals surface area contributed by atoms with Gasteiger partial charge in [0.25, 0.3) is 0 Å². The molecule has 2 rings (SSSR count). The summed E-state index contributed by atoms with van der Waals surface area (Å²) in [4.78, 5) is 13.8. The van der Waals surface area contributed by atoms with E-state index >= 15 is 0 Å². The molecule has 138 valence electrons. The maximum atomic E-state index is 12.3. The first-order valence-electron chi connectivity index (χ1n) is 8.22. The first kappa shape index (κ1) is 19.3. The zero-order chi connectivity index (χ0) is 18.6. The zero-order valence-electron chi connectivity index (χ0n) is 15.1. The van der Waals surface area contributed by atoms with E-state index in [1.54, 1.807) is 32.4 Å². The maximum absolute atomic E-state index is 12.3. The van der Waals surface area contributed by atoms with E-state index in [-0.39, 0.29) is 29.6 Å². The molecule has 1 heterocycles. The molecule has 1 atom stereocenters. The van der Waals surface area contributed by atoms with Gasteiger partial charge in [0, 0.05) is 19.2 Å². The molecule has 1 aromatic carbocycles. The van der Waals surface area contributed by atoms with E-state index in [0.717, 1.165) is 5.56 Å². The van der Waals surface area contributed by atoms with E-state index in [0.29, 0.717) is 17.9 Å². The largest absolute Gasteiger partial charge is 0.493 e. The molecule has 0 N–H and O–H groups in total. The number of carbonyl (C=O) groups excluding carboxylic acids is 1. The summed E-state index contributed by atoms with van der Waals surface area (Å²) in [6.45, 7) is 3.87. The van der Waals surface area contributed by atoms with Crippen LogP contribution in [0.1, 0.15) is 25.8 Å². The summed E-state index contributed by atoms with van der Waals surface area (Å²) in [5.41, 5.74) is 0.800. The summed E-state index contributed by atoms with van der Waals surface area (Å²) in [6, 6.07) is 5.18. The van der Waals surface area contributed by atoms with Gasteiger partial charge >= 0.3 is 0 Å². The highest BCUT2D eigenvalue weighted by atomic mass is 32.2. The molecule has 0 radical (unpaired) electrons. The lowest BCUT2D eigenvalue weighted by Crippen LogP contribution is -2.36. The smallest absolute Gasteiger partial charge is 0.246 e. The molecule has 7 heteroatoms. The second-order valence-corrected chi connectivity index (χ2v) is 8.64. The van der Waals surface area contributed by atoms with Gasteiger partial charge in [-0.15, -0.1) is 0 Å². The van der Waals surface area contributed by atoms with Gasteiger partial charge in [-0.1, -0.05) is 6.07 Å². The van der Waals surface area contributed by atoms with Crippen LogP contribution in [0.25, 0.3) is 6.08 Å². The van der Waals surface area contributed by atoms with Crippen molar-refractivity contribution in [2.24, 2.45) is 0 Å². The van der Waals surface area contributed by atoms with Crippen LogP contribution >= 0.6 is 0 Å². The Balaban J connectivity index is 2.06. The summed E-state index contributed by atoms with van der Waals surface area (Å²) in [5, 5.41) is 0. The second-order valence-electron chi connectivity index (χ2n) is 6.42. The number of hydrogen-bond donors (Lipinski definition) is 0. The van der Waals surface area contributed by atoms with Crippen molar-refractivity contribution in [3.05, 3.63) is 29.8 Å². The summed E-state index contributed by atoms with van der Waals surface area (Å²) in [5.74, 6) is 1.21. The van der Waals surface area contributed by atoms with Gasteiger partial charge in [0.05, 0.1) is 24.7 Å². The molecule has 1 aliphatic rings. The molecule has 6 nitrogen and oxygen atoms in total. The summed E-state index contributed by atoms with van der Waals surface area (Å²) in [6.07, 6.45) is 3.66. The van der Waals surface area contributed by atoms with Crippen molar-refractivity contribution in [1.82, 2.24) is 4.90 Å². The van der Waals surface area contributed by atoms with E-state index in [1.807, 2.05) is 19.9 Å². The normalized spacial score (nSPS) is 19.3. The fraction of sp³-hybridized carbons (Fsp3) is 0.500. The van der Waals surface area contributed by atoms with E-state index in [4.69, 9.17) is 9.47 Å². The number of rotatable bonds is 6. The number of sulfone groups is 1. The zero-order valence-corrected chi connectivity index (χ0v) is 15.9. The van der Waals surface area contributed by atoms with Crippen molar-refractivity contribution >= 4 is 21.8 Å². The summed E-state index contributed by atoms with van der Waals surface area (Å²) in [7, 11) is 0.189. The van der Waals surface area contributed by atoms with Crippen molar-refractivity contribution in [3.63, 3.8) is 0 Å². The molecule has 25 heavy (non-hydrogen) atoms. The predicted molar refractivity (Wildman–Crippen MR) is 97.6 cm³/mol. The van der Waals surface area contributed by atoms with Crippen LogP contribution in [-0.4, -0.2) is 57.0 Å². The Morgan fingerprint density at radius 3 is 2.60 bits per heavy atom.